The number of hydrogen-bond donors (Lipinski definition) is 2. The van der Waals surface area contributed by atoms with Crippen LogP contribution in [-0.4, -0.2) is 18.5 Å². The van der Waals surface area contributed by atoms with Gasteiger partial charge in [-0.15, -0.1) is 0 Å². The van der Waals surface area contributed by atoms with Crippen molar-refractivity contribution in [3.63, 3.8) is 0 Å². The molecule has 0 amide bonds. The summed E-state index contributed by atoms with van der Waals surface area (Å²) >= 11 is 0. The van der Waals surface area contributed by atoms with Crippen molar-refractivity contribution in [1.82, 2.24) is 0 Å². The number of fused-ring (bicyclic) bond motifs is 1. The summed E-state index contributed by atoms with van der Waals surface area (Å²) in [5, 5.41) is 12.2. The Labute approximate surface area is 118 Å². The van der Waals surface area contributed by atoms with Crippen molar-refractivity contribution in [2.24, 2.45) is 0 Å². The number of anilines is 1. The predicted molar refractivity (Wildman–Crippen MR) is 77.1 cm³/mol. The molecule has 3 rings (SSSR count). The van der Waals surface area contributed by atoms with Crippen LogP contribution in [0.3, 0.4) is 0 Å². The fourth-order valence-corrected chi connectivity index (χ4v) is 2.17. The summed E-state index contributed by atoms with van der Waals surface area (Å²) in [6.07, 6.45) is 0.697. The maximum Gasteiger partial charge on any atom is 0.231 e. The first-order chi connectivity index (χ1) is 9.85. The highest BCUT2D eigenvalue weighted by molar-refractivity contribution is 5.48. The fourth-order valence-electron chi connectivity index (χ4n) is 2.17. The molecular formula is C16H17NO3. The van der Waals surface area contributed by atoms with Gasteiger partial charge in [0.1, 0.15) is 0 Å². The van der Waals surface area contributed by atoms with Crippen molar-refractivity contribution in [2.45, 2.75) is 13.0 Å². The second kappa shape index (κ2) is 5.84. The molecule has 1 aliphatic rings. The van der Waals surface area contributed by atoms with Gasteiger partial charge >= 0.3 is 0 Å². The van der Waals surface area contributed by atoms with E-state index in [9.17, 15) is 0 Å². The van der Waals surface area contributed by atoms with Crippen molar-refractivity contribution >= 4 is 5.69 Å². The maximum absolute atomic E-state index is 8.88. The topological polar surface area (TPSA) is 50.7 Å². The van der Waals surface area contributed by atoms with E-state index in [1.54, 1.807) is 0 Å². The van der Waals surface area contributed by atoms with Gasteiger partial charge in [-0.2, -0.15) is 0 Å². The first kappa shape index (κ1) is 12.8. The molecule has 2 N–H and O–H groups in total. The molecule has 4 nitrogen and oxygen atoms in total. The highest BCUT2D eigenvalue weighted by Gasteiger charge is 2.12. The number of nitrogens with one attached hydrogen (secondary N) is 1. The van der Waals surface area contributed by atoms with Crippen LogP contribution in [-0.2, 0) is 13.0 Å². The Bertz CT molecular complexity index is 581. The standard InChI is InChI=1S/C16H17NO3/c18-8-7-12-1-4-14(5-2-12)17-10-13-3-6-15-16(9-13)20-11-19-15/h1-6,9,17-18H,7-8,10-11H2. The van der Waals surface area contributed by atoms with E-state index in [2.05, 4.69) is 5.32 Å². The van der Waals surface area contributed by atoms with E-state index in [0.29, 0.717) is 13.2 Å². The molecule has 4 heteroatoms. The third kappa shape index (κ3) is 2.86. The SMILES string of the molecule is OCCc1ccc(NCc2ccc3c(c2)OCO3)cc1. The lowest BCUT2D eigenvalue weighted by atomic mass is 10.1. The number of hydrogen-bond acceptors (Lipinski definition) is 4. The van der Waals surface area contributed by atoms with Crippen LogP contribution in [0, 0.1) is 0 Å². The zero-order valence-electron chi connectivity index (χ0n) is 11.1. The second-order valence-electron chi connectivity index (χ2n) is 4.71. The van der Waals surface area contributed by atoms with E-state index in [1.807, 2.05) is 42.5 Å². The molecule has 0 fully saturated rings. The van der Waals surface area contributed by atoms with Gasteiger partial charge in [0.05, 0.1) is 0 Å². The zero-order chi connectivity index (χ0) is 13.8. The summed E-state index contributed by atoms with van der Waals surface area (Å²) in [6, 6.07) is 14.1. The van der Waals surface area contributed by atoms with Crippen molar-refractivity contribution < 1.29 is 14.6 Å². The quantitative estimate of drug-likeness (QED) is 0.877. The Kier molecular flexibility index (Phi) is 3.74. The third-order valence-electron chi connectivity index (χ3n) is 3.29. The van der Waals surface area contributed by atoms with Crippen LogP contribution < -0.4 is 14.8 Å². The molecular weight excluding hydrogens is 254 g/mol. The molecule has 0 unspecified atom stereocenters. The first-order valence-corrected chi connectivity index (χ1v) is 6.67. The van der Waals surface area contributed by atoms with E-state index in [4.69, 9.17) is 14.6 Å². The normalized spacial score (nSPS) is 12.4. The molecule has 0 saturated heterocycles. The van der Waals surface area contributed by atoms with Gasteiger partial charge in [0.15, 0.2) is 11.5 Å². The molecule has 0 bridgehead atoms. The highest BCUT2D eigenvalue weighted by Crippen LogP contribution is 2.32. The van der Waals surface area contributed by atoms with Crippen molar-refractivity contribution in [1.29, 1.82) is 0 Å². The first-order valence-electron chi connectivity index (χ1n) is 6.67. The molecule has 2 aromatic rings. The van der Waals surface area contributed by atoms with E-state index in [-0.39, 0.29) is 6.61 Å². The molecule has 0 atom stereocenters. The maximum atomic E-state index is 8.88. The largest absolute Gasteiger partial charge is 0.454 e. The van der Waals surface area contributed by atoms with E-state index in [1.165, 1.54) is 0 Å². The average molecular weight is 271 g/mol. The Balaban J connectivity index is 1.61. The lowest BCUT2D eigenvalue weighted by Gasteiger charge is -2.08. The van der Waals surface area contributed by atoms with Crippen molar-refractivity contribution in [3.8, 4) is 11.5 Å². The minimum atomic E-state index is 0.184. The molecule has 20 heavy (non-hydrogen) atoms. The summed E-state index contributed by atoms with van der Waals surface area (Å²) in [5.74, 6) is 1.62. The monoisotopic (exact) mass is 271 g/mol. The van der Waals surface area contributed by atoms with Crippen LogP contribution >= 0.6 is 0 Å². The van der Waals surface area contributed by atoms with Crippen LogP contribution in [0.4, 0.5) is 5.69 Å². The molecule has 0 saturated carbocycles. The fraction of sp³-hybridized carbons (Fsp3) is 0.250. The summed E-state index contributed by atoms with van der Waals surface area (Å²) in [5.41, 5.74) is 3.35. The smallest absolute Gasteiger partial charge is 0.231 e. The van der Waals surface area contributed by atoms with Gasteiger partial charge in [0.2, 0.25) is 6.79 Å². The van der Waals surface area contributed by atoms with Gasteiger partial charge in [-0.3, -0.25) is 0 Å². The van der Waals surface area contributed by atoms with Gasteiger partial charge in [-0.05, 0) is 41.8 Å². The molecule has 0 aromatic heterocycles. The molecule has 1 heterocycles. The van der Waals surface area contributed by atoms with E-state index >= 15 is 0 Å². The summed E-state index contributed by atoms with van der Waals surface area (Å²) in [4.78, 5) is 0. The van der Waals surface area contributed by atoms with Crippen LogP contribution in [0.5, 0.6) is 11.5 Å². The molecule has 0 spiro atoms. The average Bonchev–Trinajstić information content (AvgIpc) is 2.94. The number of rotatable bonds is 5. The molecule has 0 radical (unpaired) electrons. The molecule has 1 aliphatic heterocycles. The highest BCUT2D eigenvalue weighted by atomic mass is 16.7. The number of ether oxygens (including phenoxy) is 2. The zero-order valence-corrected chi connectivity index (χ0v) is 11.1. The van der Waals surface area contributed by atoms with Crippen molar-refractivity contribution in [3.05, 3.63) is 53.6 Å². The molecule has 104 valence electrons. The predicted octanol–water partition coefficient (Wildman–Crippen LogP) is 2.56. The van der Waals surface area contributed by atoms with Gasteiger partial charge in [-0.1, -0.05) is 18.2 Å². The van der Waals surface area contributed by atoms with E-state index < -0.39 is 0 Å². The summed E-state index contributed by atoms with van der Waals surface area (Å²) in [7, 11) is 0. The lowest BCUT2D eigenvalue weighted by molar-refractivity contribution is 0.174. The Morgan fingerprint density at radius 3 is 2.50 bits per heavy atom. The van der Waals surface area contributed by atoms with Crippen LogP contribution in [0.25, 0.3) is 0 Å². The Morgan fingerprint density at radius 2 is 1.70 bits per heavy atom. The minimum Gasteiger partial charge on any atom is -0.454 e. The van der Waals surface area contributed by atoms with Crippen molar-refractivity contribution in [2.75, 3.05) is 18.7 Å². The van der Waals surface area contributed by atoms with Crippen LogP contribution in [0.15, 0.2) is 42.5 Å². The number of aliphatic hydroxyl groups is 1. The van der Waals surface area contributed by atoms with Gasteiger partial charge in [0.25, 0.3) is 0 Å². The Morgan fingerprint density at radius 1 is 0.950 bits per heavy atom. The Hall–Kier alpha value is -2.20. The second-order valence-corrected chi connectivity index (χ2v) is 4.71. The number of benzene rings is 2. The number of aliphatic hydroxyl groups excluding tert-OH is 1. The lowest BCUT2D eigenvalue weighted by Crippen LogP contribution is -1.99. The summed E-state index contributed by atoms with van der Waals surface area (Å²) in [6.45, 7) is 1.22. The molecule has 2 aromatic carbocycles. The molecule has 0 aliphatic carbocycles. The van der Waals surface area contributed by atoms with E-state index in [0.717, 1.165) is 34.9 Å². The van der Waals surface area contributed by atoms with Gasteiger partial charge in [0, 0.05) is 18.8 Å². The van der Waals surface area contributed by atoms with Crippen LogP contribution in [0.1, 0.15) is 11.1 Å². The van der Waals surface area contributed by atoms with Crippen LogP contribution in [0.2, 0.25) is 0 Å². The van der Waals surface area contributed by atoms with Gasteiger partial charge < -0.3 is 19.9 Å². The third-order valence-corrected chi connectivity index (χ3v) is 3.29. The van der Waals surface area contributed by atoms with Gasteiger partial charge in [-0.25, -0.2) is 0 Å². The summed E-state index contributed by atoms with van der Waals surface area (Å²) < 4.78 is 10.6. The minimum absolute atomic E-state index is 0.184.